The summed E-state index contributed by atoms with van der Waals surface area (Å²) in [5.74, 6) is -1.31. The largest absolute Gasteiger partial charge is 0.507 e. The lowest BCUT2D eigenvalue weighted by Crippen LogP contribution is -2.51. The molecule has 0 spiro atoms. The van der Waals surface area contributed by atoms with E-state index >= 15 is 0 Å². The summed E-state index contributed by atoms with van der Waals surface area (Å²) >= 11 is 0. The molecule has 1 aromatic carbocycles. The Morgan fingerprint density at radius 2 is 2.11 bits per heavy atom. The molecule has 0 saturated carbocycles. The van der Waals surface area contributed by atoms with Crippen molar-refractivity contribution in [1.82, 2.24) is 9.88 Å². The zero-order valence-corrected chi connectivity index (χ0v) is 19.8. The van der Waals surface area contributed by atoms with Crippen molar-refractivity contribution in [2.24, 2.45) is 10.9 Å². The summed E-state index contributed by atoms with van der Waals surface area (Å²) in [4.78, 5) is 34.8. The molecule has 2 heterocycles. The molecule has 2 aromatic rings. The van der Waals surface area contributed by atoms with Crippen molar-refractivity contribution in [1.29, 1.82) is 0 Å². The number of pyridine rings is 1. The quantitative estimate of drug-likeness (QED) is 0.432. The fraction of sp³-hybridized carbons (Fsp3) is 0.440. The fourth-order valence-corrected chi connectivity index (χ4v) is 3.80. The summed E-state index contributed by atoms with van der Waals surface area (Å²) < 4.78 is 11.6. The molecule has 3 rings (SSSR count). The Morgan fingerprint density at radius 3 is 2.83 bits per heavy atom. The molecule has 10 nitrogen and oxygen atoms in total. The SMILES string of the molecule is CC(C)[C@H](N=Cc1c(O)cccc1OC[C@@H]1COCCN1C(=O)c1cccnc1CCO)C(=O)O. The molecule has 35 heavy (non-hydrogen) atoms. The van der Waals surface area contributed by atoms with Crippen LogP contribution in [0.2, 0.25) is 0 Å². The maximum absolute atomic E-state index is 13.3. The Labute approximate surface area is 203 Å². The zero-order valence-electron chi connectivity index (χ0n) is 19.8. The van der Waals surface area contributed by atoms with Gasteiger partial charge >= 0.3 is 5.97 Å². The van der Waals surface area contributed by atoms with E-state index in [9.17, 15) is 24.9 Å². The number of hydrogen-bond acceptors (Lipinski definition) is 8. The number of amides is 1. The topological polar surface area (TPSA) is 142 Å². The van der Waals surface area contributed by atoms with Gasteiger partial charge in [-0.1, -0.05) is 19.9 Å². The summed E-state index contributed by atoms with van der Waals surface area (Å²) in [6, 6.07) is 6.70. The molecule has 188 valence electrons. The Hall–Kier alpha value is -3.50. The number of nitrogens with zero attached hydrogens (tertiary/aromatic N) is 3. The molecule has 2 atom stereocenters. The van der Waals surface area contributed by atoms with Gasteiger partial charge in [-0.3, -0.25) is 14.8 Å². The maximum Gasteiger partial charge on any atom is 0.328 e. The van der Waals surface area contributed by atoms with Crippen LogP contribution in [0.15, 0.2) is 41.5 Å². The lowest BCUT2D eigenvalue weighted by molar-refractivity contribution is -0.139. The molecule has 1 fully saturated rings. The number of benzene rings is 1. The van der Waals surface area contributed by atoms with Gasteiger partial charge in [0.2, 0.25) is 0 Å². The number of morpholine rings is 1. The lowest BCUT2D eigenvalue weighted by atomic mass is 10.1. The van der Waals surface area contributed by atoms with E-state index in [-0.39, 0.29) is 49.4 Å². The number of carbonyl (C=O) groups excluding carboxylic acids is 1. The van der Waals surface area contributed by atoms with Crippen molar-refractivity contribution in [3.05, 3.63) is 53.3 Å². The predicted molar refractivity (Wildman–Crippen MR) is 128 cm³/mol. The predicted octanol–water partition coefficient (Wildman–Crippen LogP) is 1.77. The summed E-state index contributed by atoms with van der Waals surface area (Å²) in [6.07, 6.45) is 3.16. The average Bonchev–Trinajstić information content (AvgIpc) is 2.84. The number of hydrogen-bond donors (Lipinski definition) is 3. The van der Waals surface area contributed by atoms with Crippen LogP contribution in [0.5, 0.6) is 11.5 Å². The molecule has 0 radical (unpaired) electrons. The molecule has 1 amide bonds. The van der Waals surface area contributed by atoms with Gasteiger partial charge in [0.25, 0.3) is 5.91 Å². The third-order valence-corrected chi connectivity index (χ3v) is 5.68. The van der Waals surface area contributed by atoms with E-state index in [1.807, 2.05) is 0 Å². The van der Waals surface area contributed by atoms with Crippen molar-refractivity contribution in [3.63, 3.8) is 0 Å². The number of phenolic OH excluding ortho intramolecular Hbond substituents is 1. The van der Waals surface area contributed by atoms with Crippen LogP contribution in [-0.4, -0.2) is 88.4 Å². The minimum absolute atomic E-state index is 0.0815. The van der Waals surface area contributed by atoms with Crippen LogP contribution in [0.1, 0.15) is 35.5 Å². The molecule has 1 saturated heterocycles. The van der Waals surface area contributed by atoms with Crippen LogP contribution in [0.3, 0.4) is 0 Å². The first-order valence-corrected chi connectivity index (χ1v) is 11.5. The fourth-order valence-electron chi connectivity index (χ4n) is 3.80. The van der Waals surface area contributed by atoms with Gasteiger partial charge < -0.3 is 29.7 Å². The number of carbonyl (C=O) groups is 2. The number of aliphatic hydroxyl groups excluding tert-OH is 1. The van der Waals surface area contributed by atoms with E-state index in [2.05, 4.69) is 9.98 Å². The Bertz CT molecular complexity index is 1060. The Morgan fingerprint density at radius 1 is 1.31 bits per heavy atom. The Balaban J connectivity index is 1.79. The molecule has 3 N–H and O–H groups in total. The van der Waals surface area contributed by atoms with Gasteiger partial charge in [-0.2, -0.15) is 0 Å². The van der Waals surface area contributed by atoms with Gasteiger partial charge in [0.15, 0.2) is 0 Å². The normalized spacial score (nSPS) is 17.0. The highest BCUT2D eigenvalue weighted by Gasteiger charge is 2.30. The van der Waals surface area contributed by atoms with Crippen LogP contribution >= 0.6 is 0 Å². The summed E-state index contributed by atoms with van der Waals surface area (Å²) in [7, 11) is 0. The second-order valence-corrected chi connectivity index (χ2v) is 8.50. The standard InChI is InChI=1S/C25H31N3O7/c1-16(2)23(25(32)33)27-13-19-21(30)6-3-7-22(19)35-15-17-14-34-12-10-28(17)24(31)18-5-4-9-26-20(18)8-11-29/h3-7,9,13,16-17,23,29-30H,8,10-12,14-15H2,1-2H3,(H,32,33)/t17-,23-/m0/s1. The van der Waals surface area contributed by atoms with E-state index in [0.29, 0.717) is 30.2 Å². The van der Waals surface area contributed by atoms with Gasteiger partial charge in [-0.05, 0) is 30.2 Å². The lowest BCUT2D eigenvalue weighted by Gasteiger charge is -2.35. The van der Waals surface area contributed by atoms with Crippen LogP contribution in [-0.2, 0) is 16.0 Å². The van der Waals surface area contributed by atoms with Crippen molar-refractivity contribution < 1.29 is 34.4 Å². The molecule has 0 bridgehead atoms. The summed E-state index contributed by atoms with van der Waals surface area (Å²) in [6.45, 7) is 4.48. The number of carboxylic acid groups (broad SMARTS) is 1. The Kier molecular flexibility index (Phi) is 9.16. The number of carboxylic acids is 1. The van der Waals surface area contributed by atoms with Gasteiger partial charge in [0.05, 0.1) is 36.1 Å². The minimum atomic E-state index is -1.06. The highest BCUT2D eigenvalue weighted by Crippen LogP contribution is 2.27. The minimum Gasteiger partial charge on any atom is -0.507 e. The highest BCUT2D eigenvalue weighted by atomic mass is 16.5. The van der Waals surface area contributed by atoms with Crippen LogP contribution < -0.4 is 4.74 Å². The molecule has 0 unspecified atom stereocenters. The number of phenols is 1. The van der Waals surface area contributed by atoms with E-state index in [4.69, 9.17) is 9.47 Å². The maximum atomic E-state index is 13.3. The van der Waals surface area contributed by atoms with E-state index in [1.165, 1.54) is 12.3 Å². The molecular formula is C25H31N3O7. The van der Waals surface area contributed by atoms with Crippen LogP contribution in [0, 0.1) is 5.92 Å². The van der Waals surface area contributed by atoms with Gasteiger partial charge in [0, 0.05) is 32.0 Å². The van der Waals surface area contributed by atoms with Gasteiger partial charge in [-0.15, -0.1) is 0 Å². The molecule has 0 aliphatic carbocycles. The second-order valence-electron chi connectivity index (χ2n) is 8.50. The van der Waals surface area contributed by atoms with Gasteiger partial charge in [0.1, 0.15) is 24.1 Å². The average molecular weight is 486 g/mol. The van der Waals surface area contributed by atoms with Crippen molar-refractivity contribution in [2.45, 2.75) is 32.4 Å². The molecule has 1 aliphatic rings. The smallest absolute Gasteiger partial charge is 0.328 e. The van der Waals surface area contributed by atoms with E-state index in [0.717, 1.165) is 0 Å². The highest BCUT2D eigenvalue weighted by molar-refractivity contribution is 5.95. The number of aromatic hydroxyl groups is 1. The van der Waals surface area contributed by atoms with Crippen LogP contribution in [0.25, 0.3) is 0 Å². The molecule has 10 heteroatoms. The zero-order chi connectivity index (χ0) is 25.4. The van der Waals surface area contributed by atoms with E-state index in [1.54, 1.807) is 49.2 Å². The number of rotatable bonds is 10. The summed E-state index contributed by atoms with van der Waals surface area (Å²) in [5, 5.41) is 29.1. The third-order valence-electron chi connectivity index (χ3n) is 5.68. The van der Waals surface area contributed by atoms with Crippen molar-refractivity contribution >= 4 is 18.1 Å². The van der Waals surface area contributed by atoms with Gasteiger partial charge in [-0.25, -0.2) is 4.79 Å². The first kappa shape index (κ1) is 26.1. The van der Waals surface area contributed by atoms with Crippen molar-refractivity contribution in [2.75, 3.05) is 33.0 Å². The molecule has 1 aromatic heterocycles. The second kappa shape index (κ2) is 12.3. The first-order chi connectivity index (χ1) is 16.8. The third kappa shape index (κ3) is 6.55. The first-order valence-electron chi connectivity index (χ1n) is 11.5. The number of ether oxygens (including phenoxy) is 2. The number of aliphatic carboxylic acids is 1. The molecular weight excluding hydrogens is 454 g/mol. The van der Waals surface area contributed by atoms with Crippen LogP contribution in [0.4, 0.5) is 0 Å². The summed E-state index contributed by atoms with van der Waals surface area (Å²) in [5.41, 5.74) is 1.20. The number of aliphatic hydroxyl groups is 1. The van der Waals surface area contributed by atoms with E-state index < -0.39 is 18.1 Å². The van der Waals surface area contributed by atoms with Crippen molar-refractivity contribution in [3.8, 4) is 11.5 Å². The molecule has 1 aliphatic heterocycles. The number of aliphatic imine (C=N–C) groups is 1. The number of aromatic nitrogens is 1. The monoisotopic (exact) mass is 485 g/mol.